The molecule has 0 radical (unpaired) electrons. The molecule has 0 aliphatic heterocycles. The van der Waals surface area contributed by atoms with Crippen LogP contribution in [0.25, 0.3) is 11.4 Å². The van der Waals surface area contributed by atoms with Crippen molar-refractivity contribution in [2.24, 2.45) is 0 Å². The average Bonchev–Trinajstić information content (AvgIpc) is 2.78. The number of rotatable bonds is 4. The van der Waals surface area contributed by atoms with Gasteiger partial charge in [-0.1, -0.05) is 42.1 Å². The number of carboxylic acids is 1. The van der Waals surface area contributed by atoms with E-state index in [1.807, 2.05) is 30.3 Å². The van der Waals surface area contributed by atoms with Crippen LogP contribution in [-0.2, 0) is 4.79 Å². The molecule has 1 heterocycles. The van der Waals surface area contributed by atoms with Crippen molar-refractivity contribution in [1.82, 2.24) is 15.2 Å². The van der Waals surface area contributed by atoms with Crippen molar-refractivity contribution in [2.45, 2.75) is 5.16 Å². The molecule has 0 fully saturated rings. The highest BCUT2D eigenvalue weighted by atomic mass is 32.2. The van der Waals surface area contributed by atoms with E-state index >= 15 is 0 Å². The maximum Gasteiger partial charge on any atom is 0.328 e. The normalized spacial score (nSPS) is 10.8. The zero-order valence-corrected chi connectivity index (χ0v) is 9.52. The second kappa shape index (κ2) is 5.31. The lowest BCUT2D eigenvalue weighted by Crippen LogP contribution is -1.84. The van der Waals surface area contributed by atoms with Gasteiger partial charge in [0.2, 0.25) is 5.16 Å². The lowest BCUT2D eigenvalue weighted by atomic mass is 10.2. The molecule has 2 aromatic rings. The summed E-state index contributed by atoms with van der Waals surface area (Å²) >= 11 is 1.15. The molecule has 6 heteroatoms. The number of thioether (sulfide) groups is 1. The Morgan fingerprint density at radius 1 is 1.35 bits per heavy atom. The van der Waals surface area contributed by atoms with Gasteiger partial charge < -0.3 is 5.11 Å². The smallest absolute Gasteiger partial charge is 0.328 e. The summed E-state index contributed by atoms with van der Waals surface area (Å²) < 4.78 is 0. The number of hydrogen-bond donors (Lipinski definition) is 2. The Bertz CT molecular complexity index is 537. The van der Waals surface area contributed by atoms with Gasteiger partial charge in [0.25, 0.3) is 0 Å². The fourth-order valence-corrected chi connectivity index (χ4v) is 1.73. The Kier molecular flexibility index (Phi) is 3.56. The van der Waals surface area contributed by atoms with Crippen molar-refractivity contribution in [3.8, 4) is 11.4 Å². The van der Waals surface area contributed by atoms with Gasteiger partial charge in [-0.3, -0.25) is 5.10 Å². The number of aliphatic carboxylic acids is 1. The maximum absolute atomic E-state index is 10.3. The minimum Gasteiger partial charge on any atom is -0.478 e. The predicted molar refractivity (Wildman–Crippen MR) is 64.5 cm³/mol. The molecule has 0 atom stereocenters. The van der Waals surface area contributed by atoms with E-state index in [-0.39, 0.29) is 0 Å². The van der Waals surface area contributed by atoms with Gasteiger partial charge in [-0.2, -0.15) is 0 Å². The van der Waals surface area contributed by atoms with E-state index in [0.717, 1.165) is 23.4 Å². The van der Waals surface area contributed by atoms with E-state index in [0.29, 0.717) is 11.0 Å². The largest absolute Gasteiger partial charge is 0.478 e. The molecule has 0 saturated heterocycles. The molecule has 0 spiro atoms. The quantitative estimate of drug-likeness (QED) is 0.639. The Hall–Kier alpha value is -2.08. The summed E-state index contributed by atoms with van der Waals surface area (Å²) in [5.74, 6) is -0.326. The van der Waals surface area contributed by atoms with Crippen LogP contribution in [0.15, 0.2) is 47.0 Å². The van der Waals surface area contributed by atoms with Crippen LogP contribution in [0.2, 0.25) is 0 Å². The van der Waals surface area contributed by atoms with E-state index in [2.05, 4.69) is 15.2 Å². The van der Waals surface area contributed by atoms with E-state index in [9.17, 15) is 4.79 Å². The second-order valence-corrected chi connectivity index (χ2v) is 3.96. The molecule has 2 rings (SSSR count). The minimum absolute atomic E-state index is 0.487. The summed E-state index contributed by atoms with van der Waals surface area (Å²) in [7, 11) is 0. The van der Waals surface area contributed by atoms with Crippen LogP contribution in [0.1, 0.15) is 0 Å². The molecule has 0 unspecified atom stereocenters. The highest BCUT2D eigenvalue weighted by Gasteiger charge is 2.04. The van der Waals surface area contributed by atoms with Gasteiger partial charge in [-0.15, -0.1) is 5.10 Å². The molecule has 86 valence electrons. The molecule has 1 aromatic heterocycles. The lowest BCUT2D eigenvalue weighted by molar-refractivity contribution is -0.131. The molecule has 0 aliphatic rings. The maximum atomic E-state index is 10.3. The van der Waals surface area contributed by atoms with Gasteiger partial charge in [-0.25, -0.2) is 9.78 Å². The number of hydrogen-bond acceptors (Lipinski definition) is 4. The molecule has 2 N–H and O–H groups in total. The molecular formula is C11H9N3O2S. The number of aromatic amines is 1. The van der Waals surface area contributed by atoms with Gasteiger partial charge in [-0.05, 0) is 5.41 Å². The lowest BCUT2D eigenvalue weighted by Gasteiger charge is -1.92. The van der Waals surface area contributed by atoms with Gasteiger partial charge in [0.1, 0.15) is 0 Å². The summed E-state index contributed by atoms with van der Waals surface area (Å²) in [5, 5.41) is 17.1. The highest BCUT2D eigenvalue weighted by Crippen LogP contribution is 2.19. The summed E-state index contributed by atoms with van der Waals surface area (Å²) in [6, 6.07) is 9.58. The first-order valence-electron chi connectivity index (χ1n) is 4.79. The topological polar surface area (TPSA) is 78.9 Å². The number of benzene rings is 1. The fourth-order valence-electron chi connectivity index (χ4n) is 1.18. The van der Waals surface area contributed by atoms with E-state index in [4.69, 9.17) is 5.11 Å². The van der Waals surface area contributed by atoms with Gasteiger partial charge >= 0.3 is 5.97 Å². The van der Waals surface area contributed by atoms with E-state index < -0.39 is 5.97 Å². The monoisotopic (exact) mass is 247 g/mol. The van der Waals surface area contributed by atoms with Gasteiger partial charge in [0.15, 0.2) is 5.82 Å². The minimum atomic E-state index is -0.990. The molecule has 0 saturated carbocycles. The molecule has 1 aromatic carbocycles. The van der Waals surface area contributed by atoms with Gasteiger partial charge in [0, 0.05) is 11.6 Å². The summed E-state index contributed by atoms with van der Waals surface area (Å²) in [6.07, 6.45) is 1.04. The molecule has 0 bridgehead atoms. The van der Waals surface area contributed by atoms with Crippen LogP contribution in [0.5, 0.6) is 0 Å². The third-order valence-corrected chi connectivity index (χ3v) is 2.56. The van der Waals surface area contributed by atoms with Crippen LogP contribution in [0, 0.1) is 0 Å². The van der Waals surface area contributed by atoms with E-state index in [1.54, 1.807) is 0 Å². The van der Waals surface area contributed by atoms with Crippen LogP contribution in [-0.4, -0.2) is 26.3 Å². The Morgan fingerprint density at radius 3 is 2.82 bits per heavy atom. The summed E-state index contributed by atoms with van der Waals surface area (Å²) in [4.78, 5) is 14.5. The third-order valence-electron chi connectivity index (χ3n) is 1.90. The van der Waals surface area contributed by atoms with Crippen molar-refractivity contribution >= 4 is 17.7 Å². The average molecular weight is 247 g/mol. The molecule has 0 amide bonds. The zero-order chi connectivity index (χ0) is 12.1. The standard InChI is InChI=1S/C11H9N3O2S/c15-9(16)6-7-17-11-12-10(13-14-11)8-4-2-1-3-5-8/h1-7H,(H,15,16)(H,12,13,14)/b7-6-. The first-order chi connectivity index (χ1) is 8.25. The molecule has 5 nitrogen and oxygen atoms in total. The van der Waals surface area contributed by atoms with Crippen LogP contribution < -0.4 is 0 Å². The second-order valence-electron chi connectivity index (χ2n) is 3.09. The fraction of sp³-hybridized carbons (Fsp3) is 0. The number of nitrogens with zero attached hydrogens (tertiary/aromatic N) is 2. The van der Waals surface area contributed by atoms with Crippen molar-refractivity contribution in [3.05, 3.63) is 41.8 Å². The van der Waals surface area contributed by atoms with Crippen LogP contribution in [0.4, 0.5) is 0 Å². The summed E-state index contributed by atoms with van der Waals surface area (Å²) in [6.45, 7) is 0. The Labute approximate surface area is 102 Å². The Balaban J connectivity index is 2.09. The van der Waals surface area contributed by atoms with Crippen molar-refractivity contribution in [1.29, 1.82) is 0 Å². The molecule has 17 heavy (non-hydrogen) atoms. The third kappa shape index (κ3) is 3.18. The molecular weight excluding hydrogens is 238 g/mol. The Morgan fingerprint density at radius 2 is 2.12 bits per heavy atom. The number of H-pyrrole nitrogens is 1. The number of aromatic nitrogens is 3. The first kappa shape index (κ1) is 11.4. The van der Waals surface area contributed by atoms with Crippen molar-refractivity contribution in [3.63, 3.8) is 0 Å². The molecule has 0 aliphatic carbocycles. The zero-order valence-electron chi connectivity index (χ0n) is 8.70. The van der Waals surface area contributed by atoms with E-state index in [1.165, 1.54) is 5.41 Å². The number of carbonyl (C=O) groups is 1. The van der Waals surface area contributed by atoms with Crippen LogP contribution in [0.3, 0.4) is 0 Å². The summed E-state index contributed by atoms with van der Waals surface area (Å²) in [5.41, 5.74) is 0.939. The van der Waals surface area contributed by atoms with Crippen LogP contribution >= 0.6 is 11.8 Å². The SMILES string of the molecule is O=C(O)/C=C\Sc1n[nH]c(-c2ccccc2)n1. The number of nitrogens with one attached hydrogen (secondary N) is 1. The van der Waals surface area contributed by atoms with Crippen molar-refractivity contribution < 1.29 is 9.90 Å². The van der Waals surface area contributed by atoms with Crippen molar-refractivity contribution in [2.75, 3.05) is 0 Å². The predicted octanol–water partition coefficient (Wildman–Crippen LogP) is 2.16. The first-order valence-corrected chi connectivity index (χ1v) is 5.67. The number of carboxylic acid groups (broad SMARTS) is 1. The highest BCUT2D eigenvalue weighted by molar-refractivity contribution is 8.02. The van der Waals surface area contributed by atoms with Gasteiger partial charge in [0.05, 0.1) is 0 Å².